The van der Waals surface area contributed by atoms with E-state index in [0.29, 0.717) is 18.7 Å². The molecule has 0 aliphatic rings. The van der Waals surface area contributed by atoms with Gasteiger partial charge in [0.05, 0.1) is 18.2 Å². The molecule has 136 valence electrons. The highest BCUT2D eigenvalue weighted by Gasteiger charge is 2.27. The highest BCUT2D eigenvalue weighted by atomic mass is 32.1. The van der Waals surface area contributed by atoms with E-state index < -0.39 is 12.8 Å². The van der Waals surface area contributed by atoms with Gasteiger partial charge in [0, 0.05) is 17.6 Å². The largest absolute Gasteiger partial charge is 0.411 e. The minimum absolute atomic E-state index is 0.109. The summed E-state index contributed by atoms with van der Waals surface area (Å²) in [6.07, 6.45) is -2.60. The number of ether oxygens (including phenoxy) is 1. The SMILES string of the molecule is Cc1ncc(CNC(=O)NCc2ccc(COCC(F)(F)F)cc2)s1. The molecule has 2 aromatic rings. The first kappa shape index (κ1) is 19.2. The van der Waals surface area contributed by atoms with Crippen molar-refractivity contribution in [3.8, 4) is 0 Å². The number of aromatic nitrogens is 1. The molecule has 25 heavy (non-hydrogen) atoms. The second kappa shape index (κ2) is 8.82. The Balaban J connectivity index is 1.69. The van der Waals surface area contributed by atoms with Gasteiger partial charge < -0.3 is 15.4 Å². The summed E-state index contributed by atoms with van der Waals surface area (Å²) >= 11 is 1.52. The van der Waals surface area contributed by atoms with E-state index >= 15 is 0 Å². The van der Waals surface area contributed by atoms with Gasteiger partial charge in [-0.1, -0.05) is 24.3 Å². The number of urea groups is 1. The number of rotatable bonds is 7. The molecule has 0 radical (unpaired) electrons. The summed E-state index contributed by atoms with van der Waals surface area (Å²) in [5.74, 6) is 0. The van der Waals surface area contributed by atoms with Crippen molar-refractivity contribution in [2.24, 2.45) is 0 Å². The van der Waals surface area contributed by atoms with Crippen LogP contribution in [0.1, 0.15) is 21.0 Å². The van der Waals surface area contributed by atoms with E-state index in [4.69, 9.17) is 0 Å². The van der Waals surface area contributed by atoms with E-state index in [1.165, 1.54) is 11.3 Å². The van der Waals surface area contributed by atoms with Gasteiger partial charge in [0.2, 0.25) is 0 Å². The van der Waals surface area contributed by atoms with E-state index in [9.17, 15) is 18.0 Å². The summed E-state index contributed by atoms with van der Waals surface area (Å²) in [6, 6.07) is 6.51. The molecule has 5 nitrogen and oxygen atoms in total. The summed E-state index contributed by atoms with van der Waals surface area (Å²) in [4.78, 5) is 16.8. The normalized spacial score (nSPS) is 11.4. The van der Waals surface area contributed by atoms with Gasteiger partial charge in [0.25, 0.3) is 0 Å². The minimum atomic E-state index is -4.32. The monoisotopic (exact) mass is 373 g/mol. The van der Waals surface area contributed by atoms with Crippen molar-refractivity contribution in [3.05, 3.63) is 51.5 Å². The van der Waals surface area contributed by atoms with Crippen molar-refractivity contribution in [2.45, 2.75) is 32.8 Å². The number of alkyl halides is 3. The van der Waals surface area contributed by atoms with Crippen LogP contribution in [0.2, 0.25) is 0 Å². The van der Waals surface area contributed by atoms with Crippen LogP contribution in [0.3, 0.4) is 0 Å². The molecule has 2 rings (SSSR count). The molecular formula is C16H18F3N3O2S. The molecule has 1 heterocycles. The van der Waals surface area contributed by atoms with Gasteiger partial charge in [-0.3, -0.25) is 0 Å². The smallest absolute Gasteiger partial charge is 0.367 e. The minimum Gasteiger partial charge on any atom is -0.367 e. The molecule has 0 atom stereocenters. The zero-order valence-corrected chi connectivity index (χ0v) is 14.3. The molecule has 2 amide bonds. The topological polar surface area (TPSA) is 63.2 Å². The molecule has 0 saturated heterocycles. The molecule has 0 aliphatic heterocycles. The molecule has 1 aromatic carbocycles. The molecule has 0 unspecified atom stereocenters. The molecule has 1 aromatic heterocycles. The predicted molar refractivity (Wildman–Crippen MR) is 88.1 cm³/mol. The zero-order chi connectivity index (χ0) is 18.3. The Bertz CT molecular complexity index is 687. The Morgan fingerprint density at radius 1 is 1.16 bits per heavy atom. The van der Waals surface area contributed by atoms with Crippen LogP contribution in [0.15, 0.2) is 30.5 Å². The first-order valence-electron chi connectivity index (χ1n) is 7.47. The van der Waals surface area contributed by atoms with Crippen molar-refractivity contribution < 1.29 is 22.7 Å². The summed E-state index contributed by atoms with van der Waals surface area (Å²) in [5.41, 5.74) is 1.47. The Labute approximate surface area is 147 Å². The third kappa shape index (κ3) is 7.53. The number of carbonyl (C=O) groups is 1. The number of carbonyl (C=O) groups excluding carboxylic acids is 1. The average molecular weight is 373 g/mol. The van der Waals surface area contributed by atoms with Gasteiger partial charge in [0.1, 0.15) is 6.61 Å². The van der Waals surface area contributed by atoms with Crippen molar-refractivity contribution in [3.63, 3.8) is 0 Å². The summed E-state index contributed by atoms with van der Waals surface area (Å²) < 4.78 is 40.6. The summed E-state index contributed by atoms with van der Waals surface area (Å²) in [6.45, 7) is 1.24. The van der Waals surface area contributed by atoms with Gasteiger partial charge in [0.15, 0.2) is 0 Å². The molecule has 2 N–H and O–H groups in total. The number of nitrogens with one attached hydrogen (secondary N) is 2. The lowest BCUT2D eigenvalue weighted by Crippen LogP contribution is -2.34. The number of hydrogen-bond donors (Lipinski definition) is 2. The highest BCUT2D eigenvalue weighted by Crippen LogP contribution is 2.16. The fraction of sp³-hybridized carbons (Fsp3) is 0.375. The van der Waals surface area contributed by atoms with Crippen LogP contribution in [0.4, 0.5) is 18.0 Å². The van der Waals surface area contributed by atoms with E-state index in [1.54, 1.807) is 30.5 Å². The Hall–Kier alpha value is -2.13. The lowest BCUT2D eigenvalue weighted by molar-refractivity contribution is -0.176. The van der Waals surface area contributed by atoms with Gasteiger partial charge in [-0.15, -0.1) is 11.3 Å². The van der Waals surface area contributed by atoms with Crippen LogP contribution in [-0.2, 0) is 24.4 Å². The molecule has 0 saturated carbocycles. The zero-order valence-electron chi connectivity index (χ0n) is 13.5. The second-order valence-corrected chi connectivity index (χ2v) is 6.63. The average Bonchev–Trinajstić information content (AvgIpc) is 2.96. The van der Waals surface area contributed by atoms with Crippen LogP contribution in [-0.4, -0.2) is 23.8 Å². The Kier molecular flexibility index (Phi) is 6.77. The van der Waals surface area contributed by atoms with Crippen LogP contribution in [0.25, 0.3) is 0 Å². The Morgan fingerprint density at radius 2 is 1.80 bits per heavy atom. The van der Waals surface area contributed by atoms with E-state index in [0.717, 1.165) is 15.4 Å². The number of benzene rings is 1. The fourth-order valence-electron chi connectivity index (χ4n) is 1.94. The maximum Gasteiger partial charge on any atom is 0.411 e. The summed E-state index contributed by atoms with van der Waals surface area (Å²) in [7, 11) is 0. The third-order valence-corrected chi connectivity index (χ3v) is 4.02. The Morgan fingerprint density at radius 3 is 2.40 bits per heavy atom. The van der Waals surface area contributed by atoms with Crippen LogP contribution >= 0.6 is 11.3 Å². The number of amides is 2. The fourth-order valence-corrected chi connectivity index (χ4v) is 2.67. The quantitative estimate of drug-likeness (QED) is 0.780. The standard InChI is InChI=1S/C16H18F3N3O2S/c1-11-20-7-14(25-11)8-22-15(23)21-6-12-2-4-13(5-3-12)9-24-10-16(17,18)19/h2-5,7H,6,8-10H2,1H3,(H2,21,22,23). The lowest BCUT2D eigenvalue weighted by Gasteiger charge is -2.09. The van der Waals surface area contributed by atoms with Gasteiger partial charge >= 0.3 is 12.2 Å². The third-order valence-electron chi connectivity index (χ3n) is 3.10. The van der Waals surface area contributed by atoms with E-state index in [2.05, 4.69) is 20.4 Å². The molecule has 0 aliphatic carbocycles. The molecule has 9 heteroatoms. The number of hydrogen-bond acceptors (Lipinski definition) is 4. The first-order chi connectivity index (χ1) is 11.8. The molecular weight excluding hydrogens is 355 g/mol. The first-order valence-corrected chi connectivity index (χ1v) is 8.29. The van der Waals surface area contributed by atoms with Crippen LogP contribution in [0, 0.1) is 6.92 Å². The number of aryl methyl sites for hydroxylation is 1. The van der Waals surface area contributed by atoms with E-state index in [-0.39, 0.29) is 12.6 Å². The van der Waals surface area contributed by atoms with E-state index in [1.807, 2.05) is 6.92 Å². The number of halogens is 3. The number of nitrogens with zero attached hydrogens (tertiary/aromatic N) is 1. The molecule has 0 fully saturated rings. The van der Waals surface area contributed by atoms with Crippen molar-refractivity contribution in [1.82, 2.24) is 15.6 Å². The van der Waals surface area contributed by atoms with Crippen molar-refractivity contribution in [2.75, 3.05) is 6.61 Å². The van der Waals surface area contributed by atoms with Crippen molar-refractivity contribution >= 4 is 17.4 Å². The predicted octanol–water partition coefficient (Wildman–Crippen LogP) is 3.53. The summed E-state index contributed by atoms with van der Waals surface area (Å²) in [5, 5.41) is 6.38. The van der Waals surface area contributed by atoms with Gasteiger partial charge in [-0.2, -0.15) is 13.2 Å². The maximum absolute atomic E-state index is 12.0. The van der Waals surface area contributed by atoms with Crippen LogP contribution < -0.4 is 10.6 Å². The van der Waals surface area contributed by atoms with Gasteiger partial charge in [-0.25, -0.2) is 9.78 Å². The maximum atomic E-state index is 12.0. The van der Waals surface area contributed by atoms with Gasteiger partial charge in [-0.05, 0) is 18.1 Å². The lowest BCUT2D eigenvalue weighted by atomic mass is 10.1. The number of thiazole rings is 1. The molecule has 0 spiro atoms. The second-order valence-electron chi connectivity index (χ2n) is 5.31. The van der Waals surface area contributed by atoms with Crippen LogP contribution in [0.5, 0.6) is 0 Å². The van der Waals surface area contributed by atoms with Crippen molar-refractivity contribution in [1.29, 1.82) is 0 Å². The highest BCUT2D eigenvalue weighted by molar-refractivity contribution is 7.11. The molecule has 0 bridgehead atoms.